The number of ether oxygens (including phenoxy) is 2. The smallest absolute Gasteiger partial charge is 0.326 e. The van der Waals surface area contributed by atoms with Gasteiger partial charge in [0.2, 0.25) is 11.8 Å². The van der Waals surface area contributed by atoms with Gasteiger partial charge in [0.25, 0.3) is 0 Å². The van der Waals surface area contributed by atoms with Gasteiger partial charge >= 0.3 is 5.97 Å². The highest BCUT2D eigenvalue weighted by molar-refractivity contribution is 5.89. The lowest BCUT2D eigenvalue weighted by atomic mass is 9.91. The fourth-order valence-electron chi connectivity index (χ4n) is 11.5. The zero-order valence-electron chi connectivity index (χ0n) is 38.5. The normalized spacial score (nSPS) is 26.6. The Kier molecular flexibility index (Phi) is 12.9. The molecule has 18 heteroatoms. The maximum Gasteiger partial charge on any atom is 0.326 e. The first kappa shape index (κ1) is 45.1. The van der Waals surface area contributed by atoms with Crippen LogP contribution in [-0.4, -0.2) is 152 Å². The number of carbonyl (C=O) groups excluding carboxylic acids is 1. The number of benzene rings is 1. The van der Waals surface area contributed by atoms with Gasteiger partial charge in [0.05, 0.1) is 29.7 Å². The average Bonchev–Trinajstić information content (AvgIpc) is 4.02. The average molecular weight is 921 g/mol. The van der Waals surface area contributed by atoms with E-state index in [1.165, 1.54) is 4.90 Å². The number of phenols is 1. The molecule has 5 aliphatic heterocycles. The van der Waals surface area contributed by atoms with E-state index < -0.39 is 24.0 Å². The van der Waals surface area contributed by atoms with Gasteiger partial charge in [0, 0.05) is 113 Å². The maximum atomic E-state index is 13.6. The molecular weight excluding hydrogens is 857 g/mol. The van der Waals surface area contributed by atoms with E-state index in [1.807, 2.05) is 44.3 Å². The van der Waals surface area contributed by atoms with Crippen LogP contribution in [0.4, 0.5) is 23.0 Å². The van der Waals surface area contributed by atoms with Gasteiger partial charge in [0.1, 0.15) is 23.8 Å². The zero-order valence-corrected chi connectivity index (χ0v) is 38.5. The van der Waals surface area contributed by atoms with Gasteiger partial charge in [-0.3, -0.25) is 4.79 Å². The van der Waals surface area contributed by atoms with Gasteiger partial charge < -0.3 is 59.5 Å². The number of hydrogen-bond donors (Lipinski definition) is 4. The van der Waals surface area contributed by atoms with Crippen LogP contribution in [0.5, 0.6) is 11.6 Å². The van der Waals surface area contributed by atoms with Crippen molar-refractivity contribution in [1.82, 2.24) is 30.1 Å². The molecule has 18 nitrogen and oxygen atoms in total. The highest BCUT2D eigenvalue weighted by Gasteiger charge is 2.44. The van der Waals surface area contributed by atoms with Gasteiger partial charge in [-0.25, -0.2) is 9.78 Å². The number of carbonyl (C=O) groups is 2. The molecule has 3 aromatic heterocycles. The van der Waals surface area contributed by atoms with Crippen molar-refractivity contribution in [2.45, 2.75) is 120 Å². The molecule has 67 heavy (non-hydrogen) atoms. The number of pyridine rings is 1. The van der Waals surface area contributed by atoms with Gasteiger partial charge in [-0.2, -0.15) is 0 Å². The van der Waals surface area contributed by atoms with Crippen molar-refractivity contribution in [2.24, 2.45) is 11.8 Å². The topological polar surface area (TPSA) is 220 Å². The minimum Gasteiger partial charge on any atom is -0.507 e. The second-order valence-electron chi connectivity index (χ2n) is 20.0. The number of aromatic hydroxyl groups is 1. The van der Waals surface area contributed by atoms with Crippen LogP contribution in [0.1, 0.15) is 83.3 Å². The second-order valence-corrected chi connectivity index (χ2v) is 20.0. The predicted octanol–water partition coefficient (Wildman–Crippen LogP) is 4.77. The number of hydrogen-bond acceptors (Lipinski definition) is 16. The number of nitrogen functional groups attached to an aromatic ring is 1. The molecule has 0 spiro atoms. The number of nitrogens with zero attached hydrogens (tertiary/aromatic N) is 9. The van der Waals surface area contributed by atoms with Crippen LogP contribution in [0.3, 0.4) is 0 Å². The van der Waals surface area contributed by atoms with Crippen molar-refractivity contribution < 1.29 is 38.9 Å². The molecule has 4 aromatic rings. The summed E-state index contributed by atoms with van der Waals surface area (Å²) in [4.78, 5) is 40.9. The SMILES string of the molecule is CC(C)[C@@H](C(=O)N1C[C@H](O)C[C@H]1C(=O)O)c1cc(N2CCC(CN3CCC(OC4CC(Oc5cc(N6C7CCC6CN(c6cc(-c8ccccc8O)nnc6N)C7)ccn5)C4)CC3)CC2)no1. The van der Waals surface area contributed by atoms with Crippen molar-refractivity contribution in [1.29, 1.82) is 0 Å². The first-order valence-electron chi connectivity index (χ1n) is 24.3. The molecule has 2 unspecified atom stereocenters. The summed E-state index contributed by atoms with van der Waals surface area (Å²) in [6.07, 6.45) is 9.64. The Morgan fingerprint density at radius 2 is 1.61 bits per heavy atom. The van der Waals surface area contributed by atoms with Crippen LogP contribution in [0.15, 0.2) is 59.3 Å². The van der Waals surface area contributed by atoms with E-state index in [-0.39, 0.29) is 48.9 Å². The number of anilines is 4. The fraction of sp³-hybridized carbons (Fsp3) is 0.592. The number of piperidine rings is 2. The van der Waals surface area contributed by atoms with Crippen molar-refractivity contribution >= 4 is 34.9 Å². The number of carboxylic acids is 1. The minimum absolute atomic E-state index is 0.00271. The molecule has 5 atom stereocenters. The summed E-state index contributed by atoms with van der Waals surface area (Å²) in [5, 5.41) is 43.1. The van der Waals surface area contributed by atoms with Gasteiger partial charge in [-0.1, -0.05) is 31.1 Å². The standard InChI is InChI=1S/C49H64N10O8/c1-29(2)46(48(62)58-28-34(60)20-41(58)49(63)64)43-24-44(54-67-43)56-17-10-30(11-18-56)25-55-15-12-35(13-16-55)65-36-21-37(22-36)66-45-19-31(9-14-51-45)59-32-7-8-33(59)27-57(26-32)40-23-39(52-53-47(40)50)38-5-3-4-6-42(38)61/h3-6,9,14,19,23-24,29-30,32-37,41,46,60-61H,7-8,10-13,15-18,20-22,25-28H2,1-2H3,(H2,50,53)(H,63,64)/t32?,33?,34-,36?,37?,41+,46-/m1/s1. The first-order chi connectivity index (χ1) is 32.4. The number of fused-ring (bicyclic) bond motifs is 2. The van der Waals surface area contributed by atoms with Crippen molar-refractivity contribution in [3.63, 3.8) is 0 Å². The van der Waals surface area contributed by atoms with E-state index >= 15 is 0 Å². The van der Waals surface area contributed by atoms with Gasteiger partial charge in [0.15, 0.2) is 17.4 Å². The summed E-state index contributed by atoms with van der Waals surface area (Å²) >= 11 is 0. The van der Waals surface area contributed by atoms with E-state index in [0.29, 0.717) is 52.5 Å². The Hall–Kier alpha value is -5.72. The fourth-order valence-corrected chi connectivity index (χ4v) is 11.5. The summed E-state index contributed by atoms with van der Waals surface area (Å²) in [6.45, 7) is 10.3. The molecule has 10 rings (SSSR count). The number of amides is 1. The second kappa shape index (κ2) is 19.1. The molecule has 358 valence electrons. The monoisotopic (exact) mass is 920 g/mol. The van der Waals surface area contributed by atoms with E-state index in [0.717, 1.165) is 109 Å². The molecule has 6 aliphatic rings. The number of aliphatic carboxylic acids is 1. The number of likely N-dealkylation sites (tertiary alicyclic amines) is 2. The number of piperazine rings is 1. The summed E-state index contributed by atoms with van der Waals surface area (Å²) < 4.78 is 18.8. The molecule has 0 radical (unpaired) electrons. The number of nitrogens with two attached hydrogens (primary N) is 1. The Labute approximate surface area is 391 Å². The van der Waals surface area contributed by atoms with Gasteiger partial charge in [-0.05, 0) is 74.6 Å². The third kappa shape index (κ3) is 9.57. The molecule has 5 saturated heterocycles. The van der Waals surface area contributed by atoms with Crippen molar-refractivity contribution in [2.75, 3.05) is 72.8 Å². The minimum atomic E-state index is -1.11. The van der Waals surface area contributed by atoms with Crippen LogP contribution < -0.4 is 25.2 Å². The summed E-state index contributed by atoms with van der Waals surface area (Å²) in [7, 11) is 0. The molecule has 1 aliphatic carbocycles. The summed E-state index contributed by atoms with van der Waals surface area (Å²) in [5.74, 6) is 0.665. The van der Waals surface area contributed by atoms with Crippen LogP contribution in [0.25, 0.3) is 11.3 Å². The van der Waals surface area contributed by atoms with Crippen LogP contribution >= 0.6 is 0 Å². The number of β-amino-alcohol motifs (C(OH)–C–C–N with tert-alkyl or cyclic N) is 1. The van der Waals surface area contributed by atoms with E-state index in [9.17, 15) is 24.9 Å². The molecule has 6 fully saturated rings. The molecule has 5 N–H and O–H groups in total. The number of aliphatic hydroxyl groups is 1. The third-order valence-electron chi connectivity index (χ3n) is 15.1. The number of rotatable bonds is 14. The van der Waals surface area contributed by atoms with Crippen LogP contribution in [-0.2, 0) is 14.3 Å². The Balaban J connectivity index is 0.644. The van der Waals surface area contributed by atoms with Crippen LogP contribution in [0.2, 0.25) is 0 Å². The quantitative estimate of drug-likeness (QED) is 0.134. The third-order valence-corrected chi connectivity index (χ3v) is 15.1. The number of para-hydroxylation sites is 1. The number of phenolic OH excluding ortho intramolecular Hbond substituents is 1. The summed E-state index contributed by atoms with van der Waals surface area (Å²) in [5.41, 5.74) is 9.59. The van der Waals surface area contributed by atoms with E-state index in [1.54, 1.807) is 12.1 Å². The lowest BCUT2D eigenvalue weighted by molar-refractivity contribution is -0.149. The lowest BCUT2D eigenvalue weighted by Gasteiger charge is -2.43. The van der Waals surface area contributed by atoms with Crippen molar-refractivity contribution in [3.8, 4) is 22.9 Å². The highest BCUT2D eigenvalue weighted by atomic mass is 16.5. The van der Waals surface area contributed by atoms with Crippen molar-refractivity contribution in [3.05, 3.63) is 60.5 Å². The lowest BCUT2D eigenvalue weighted by Crippen LogP contribution is -2.54. The molecule has 2 bridgehead atoms. The van der Waals surface area contributed by atoms with E-state index in [2.05, 4.69) is 52.1 Å². The molecule has 1 saturated carbocycles. The number of aliphatic hydroxyl groups excluding tert-OH is 1. The van der Waals surface area contributed by atoms with Crippen LogP contribution in [0, 0.1) is 11.8 Å². The van der Waals surface area contributed by atoms with Gasteiger partial charge in [-0.15, -0.1) is 10.2 Å². The Morgan fingerprint density at radius 1 is 0.866 bits per heavy atom. The summed E-state index contributed by atoms with van der Waals surface area (Å²) in [6, 6.07) is 14.7. The highest BCUT2D eigenvalue weighted by Crippen LogP contribution is 2.41. The molecular formula is C49H64N10O8. The molecule has 1 amide bonds. The molecule has 1 aromatic carbocycles. The maximum absolute atomic E-state index is 13.6. The Morgan fingerprint density at radius 3 is 2.33 bits per heavy atom. The predicted molar refractivity (Wildman–Crippen MR) is 250 cm³/mol. The largest absolute Gasteiger partial charge is 0.507 e. The number of aromatic nitrogens is 4. The number of carboxylic acid groups (broad SMARTS) is 1. The molecule has 8 heterocycles. The zero-order chi connectivity index (χ0) is 46.3. The first-order valence-corrected chi connectivity index (χ1v) is 24.3. The van der Waals surface area contributed by atoms with E-state index in [4.69, 9.17) is 19.7 Å². The Bertz CT molecular complexity index is 2370.